The molecule has 1 fully saturated rings. The molecule has 1 aromatic rings. The maximum absolute atomic E-state index is 13.3. The molecule has 0 aromatic heterocycles. The van der Waals surface area contributed by atoms with Crippen molar-refractivity contribution in [1.29, 1.82) is 0 Å². The summed E-state index contributed by atoms with van der Waals surface area (Å²) in [6.45, 7) is 10.3. The van der Waals surface area contributed by atoms with Crippen molar-refractivity contribution in [3.05, 3.63) is 35.9 Å². The van der Waals surface area contributed by atoms with Gasteiger partial charge in [0.25, 0.3) is 0 Å². The predicted molar refractivity (Wildman–Crippen MR) is 93.3 cm³/mol. The molecular formula is C19H30N2O2. The fourth-order valence-corrected chi connectivity index (χ4v) is 3.32. The molecule has 4 heteroatoms. The Morgan fingerprint density at radius 1 is 1.17 bits per heavy atom. The van der Waals surface area contributed by atoms with Gasteiger partial charge in [0.1, 0.15) is 6.04 Å². The van der Waals surface area contributed by atoms with Gasteiger partial charge in [-0.2, -0.15) is 0 Å². The summed E-state index contributed by atoms with van der Waals surface area (Å²) in [6, 6.07) is 9.93. The van der Waals surface area contributed by atoms with Gasteiger partial charge in [-0.15, -0.1) is 0 Å². The highest BCUT2D eigenvalue weighted by molar-refractivity contribution is 5.83. The van der Waals surface area contributed by atoms with Crippen LogP contribution in [-0.2, 0) is 9.53 Å². The summed E-state index contributed by atoms with van der Waals surface area (Å²) in [5, 5.41) is 0. The third-order valence-electron chi connectivity index (χ3n) is 4.67. The number of hydrogen-bond donors (Lipinski definition) is 0. The van der Waals surface area contributed by atoms with Gasteiger partial charge in [0.05, 0.1) is 6.10 Å². The molecule has 0 N–H and O–H groups in total. The number of amides is 1. The molecule has 1 amide bonds. The molecule has 0 spiro atoms. The number of carbonyl (C=O) groups excluding carboxylic acids is 1. The fraction of sp³-hybridized carbons (Fsp3) is 0.632. The van der Waals surface area contributed by atoms with Crippen LogP contribution in [0.3, 0.4) is 0 Å². The number of nitrogens with zero attached hydrogens (tertiary/aromatic N) is 2. The zero-order chi connectivity index (χ0) is 16.7. The van der Waals surface area contributed by atoms with E-state index in [1.54, 1.807) is 0 Å². The number of hydrogen-bond acceptors (Lipinski definition) is 3. The number of carbonyl (C=O) groups is 1. The van der Waals surface area contributed by atoms with Crippen LogP contribution in [-0.4, -0.2) is 54.6 Å². The number of benzene rings is 1. The normalized spacial score (nSPS) is 19.0. The minimum atomic E-state index is -0.201. The van der Waals surface area contributed by atoms with Crippen LogP contribution in [0.25, 0.3) is 0 Å². The lowest BCUT2D eigenvalue weighted by atomic mass is 10.0. The molecule has 2 unspecified atom stereocenters. The van der Waals surface area contributed by atoms with Crippen LogP contribution in [0.5, 0.6) is 0 Å². The Labute approximate surface area is 140 Å². The Bertz CT molecular complexity index is 468. The maximum Gasteiger partial charge on any atom is 0.244 e. The van der Waals surface area contributed by atoms with E-state index in [1.165, 1.54) is 0 Å². The van der Waals surface area contributed by atoms with Crippen LogP contribution >= 0.6 is 0 Å². The summed E-state index contributed by atoms with van der Waals surface area (Å²) in [6.07, 6.45) is 2.37. The third kappa shape index (κ3) is 4.55. The van der Waals surface area contributed by atoms with Gasteiger partial charge in [-0.05, 0) is 38.4 Å². The first-order chi connectivity index (χ1) is 11.2. The van der Waals surface area contributed by atoms with Crippen molar-refractivity contribution < 1.29 is 9.53 Å². The molecule has 0 bridgehead atoms. The minimum Gasteiger partial charge on any atom is -0.376 e. The first kappa shape index (κ1) is 18.0. The molecule has 1 aromatic carbocycles. The molecule has 0 radical (unpaired) electrons. The standard InChI is InChI=1S/C19H30N2O2/c1-4-20(5-2)18(16-11-8-7-9-12-16)19(22)21(6-3)15-17-13-10-14-23-17/h7-9,11-12,17-18H,4-6,10,13-15H2,1-3H3. The van der Waals surface area contributed by atoms with Crippen molar-refractivity contribution in [1.82, 2.24) is 9.80 Å². The quantitative estimate of drug-likeness (QED) is 0.738. The van der Waals surface area contributed by atoms with Gasteiger partial charge in [-0.1, -0.05) is 44.2 Å². The smallest absolute Gasteiger partial charge is 0.244 e. The molecule has 128 valence electrons. The Morgan fingerprint density at radius 3 is 2.39 bits per heavy atom. The summed E-state index contributed by atoms with van der Waals surface area (Å²) in [5.74, 6) is 0.193. The zero-order valence-electron chi connectivity index (χ0n) is 14.7. The highest BCUT2D eigenvalue weighted by atomic mass is 16.5. The first-order valence-electron chi connectivity index (χ1n) is 8.90. The molecule has 2 rings (SSSR count). The van der Waals surface area contributed by atoms with Gasteiger partial charge in [0.15, 0.2) is 0 Å². The van der Waals surface area contributed by atoms with Crippen LogP contribution in [0.4, 0.5) is 0 Å². The average molecular weight is 318 g/mol. The molecule has 0 saturated carbocycles. The molecule has 4 nitrogen and oxygen atoms in total. The summed E-state index contributed by atoms with van der Waals surface area (Å²) in [7, 11) is 0. The summed E-state index contributed by atoms with van der Waals surface area (Å²) in [5.41, 5.74) is 1.08. The Hall–Kier alpha value is -1.39. The topological polar surface area (TPSA) is 32.8 Å². The van der Waals surface area contributed by atoms with Gasteiger partial charge < -0.3 is 9.64 Å². The lowest BCUT2D eigenvalue weighted by Crippen LogP contribution is -2.45. The summed E-state index contributed by atoms with van der Waals surface area (Å²) < 4.78 is 5.73. The van der Waals surface area contributed by atoms with E-state index >= 15 is 0 Å². The van der Waals surface area contributed by atoms with Crippen molar-refractivity contribution in [2.45, 2.75) is 45.8 Å². The highest BCUT2D eigenvalue weighted by Gasteiger charge is 2.31. The second-order valence-corrected chi connectivity index (χ2v) is 6.05. The van der Waals surface area contributed by atoms with Crippen molar-refractivity contribution in [2.24, 2.45) is 0 Å². The number of rotatable bonds is 8. The molecule has 1 saturated heterocycles. The Balaban J connectivity index is 2.19. The Morgan fingerprint density at radius 2 is 1.87 bits per heavy atom. The minimum absolute atomic E-state index is 0.193. The van der Waals surface area contributed by atoms with Gasteiger partial charge in [-0.25, -0.2) is 0 Å². The van der Waals surface area contributed by atoms with E-state index in [-0.39, 0.29) is 18.1 Å². The lowest BCUT2D eigenvalue weighted by molar-refractivity contribution is -0.138. The second kappa shape index (κ2) is 9.04. The van der Waals surface area contributed by atoms with E-state index in [0.29, 0.717) is 6.54 Å². The maximum atomic E-state index is 13.3. The zero-order valence-corrected chi connectivity index (χ0v) is 14.7. The van der Waals surface area contributed by atoms with E-state index < -0.39 is 0 Å². The monoisotopic (exact) mass is 318 g/mol. The summed E-state index contributed by atoms with van der Waals surface area (Å²) in [4.78, 5) is 17.4. The van der Waals surface area contributed by atoms with Gasteiger partial charge >= 0.3 is 0 Å². The second-order valence-electron chi connectivity index (χ2n) is 6.05. The van der Waals surface area contributed by atoms with Gasteiger partial charge in [0, 0.05) is 19.7 Å². The molecule has 1 aliphatic heterocycles. The van der Waals surface area contributed by atoms with Crippen molar-refractivity contribution in [3.63, 3.8) is 0 Å². The average Bonchev–Trinajstić information content (AvgIpc) is 3.10. The third-order valence-corrected chi connectivity index (χ3v) is 4.67. The predicted octanol–water partition coefficient (Wildman–Crippen LogP) is 3.10. The van der Waals surface area contributed by atoms with E-state index in [1.807, 2.05) is 23.1 Å². The molecule has 1 heterocycles. The molecular weight excluding hydrogens is 288 g/mol. The highest BCUT2D eigenvalue weighted by Crippen LogP contribution is 2.24. The largest absolute Gasteiger partial charge is 0.376 e. The van der Waals surface area contributed by atoms with E-state index in [2.05, 4.69) is 37.8 Å². The molecule has 1 aliphatic rings. The van der Waals surface area contributed by atoms with Crippen LogP contribution < -0.4 is 0 Å². The van der Waals surface area contributed by atoms with Crippen molar-refractivity contribution in [3.8, 4) is 0 Å². The van der Waals surface area contributed by atoms with Gasteiger partial charge in [0.2, 0.25) is 5.91 Å². The van der Waals surface area contributed by atoms with E-state index in [4.69, 9.17) is 4.74 Å². The van der Waals surface area contributed by atoms with E-state index in [0.717, 1.165) is 44.6 Å². The van der Waals surface area contributed by atoms with Crippen molar-refractivity contribution >= 4 is 5.91 Å². The van der Waals surface area contributed by atoms with Crippen molar-refractivity contribution in [2.75, 3.05) is 32.8 Å². The fourth-order valence-electron chi connectivity index (χ4n) is 3.32. The lowest BCUT2D eigenvalue weighted by Gasteiger charge is -2.34. The first-order valence-corrected chi connectivity index (χ1v) is 8.90. The molecule has 23 heavy (non-hydrogen) atoms. The van der Waals surface area contributed by atoms with Crippen LogP contribution in [0.15, 0.2) is 30.3 Å². The summed E-state index contributed by atoms with van der Waals surface area (Å²) >= 11 is 0. The van der Waals surface area contributed by atoms with Crippen LogP contribution in [0.2, 0.25) is 0 Å². The van der Waals surface area contributed by atoms with Crippen LogP contribution in [0.1, 0.15) is 45.2 Å². The van der Waals surface area contributed by atoms with Gasteiger partial charge in [-0.3, -0.25) is 9.69 Å². The van der Waals surface area contributed by atoms with E-state index in [9.17, 15) is 4.79 Å². The SMILES string of the molecule is CCN(CC1CCCO1)C(=O)C(c1ccccc1)N(CC)CC. The molecule has 2 atom stereocenters. The Kier molecular flexibility index (Phi) is 7.06. The number of ether oxygens (including phenoxy) is 1. The molecule has 0 aliphatic carbocycles. The number of likely N-dealkylation sites (N-methyl/N-ethyl adjacent to an activating group) is 2. The van der Waals surface area contributed by atoms with Crippen LogP contribution in [0, 0.1) is 0 Å².